The topological polar surface area (TPSA) is 46.1 Å². The molecule has 0 spiro atoms. The van der Waals surface area contributed by atoms with Crippen LogP contribution in [0.3, 0.4) is 0 Å². The summed E-state index contributed by atoms with van der Waals surface area (Å²) in [6.07, 6.45) is 0. The molecule has 2 aromatic carbocycles. The molecule has 0 bridgehead atoms. The lowest BCUT2D eigenvalue weighted by Crippen LogP contribution is -2.34. The van der Waals surface area contributed by atoms with E-state index in [2.05, 4.69) is 10.2 Å². The summed E-state index contributed by atoms with van der Waals surface area (Å²) in [5.41, 5.74) is 1.51. The van der Waals surface area contributed by atoms with Gasteiger partial charge in [0.1, 0.15) is 16.5 Å². The van der Waals surface area contributed by atoms with Gasteiger partial charge in [-0.25, -0.2) is 4.39 Å². The lowest BCUT2D eigenvalue weighted by molar-refractivity contribution is -0.128. The summed E-state index contributed by atoms with van der Waals surface area (Å²) in [6.45, 7) is 4.06. The molecule has 3 rings (SSSR count). The van der Waals surface area contributed by atoms with Crippen molar-refractivity contribution in [1.29, 1.82) is 0 Å². The summed E-state index contributed by atoms with van der Waals surface area (Å²) >= 11 is 1.44. The van der Waals surface area contributed by atoms with Crippen LogP contribution in [0, 0.1) is 11.7 Å². The van der Waals surface area contributed by atoms with E-state index in [0.29, 0.717) is 5.69 Å². The van der Waals surface area contributed by atoms with Gasteiger partial charge in [0, 0.05) is 30.4 Å². The fourth-order valence-electron chi connectivity index (χ4n) is 2.83. The number of aromatic nitrogens is 2. The third kappa shape index (κ3) is 4.11. The minimum atomic E-state index is -0.287. The van der Waals surface area contributed by atoms with E-state index in [1.807, 2.05) is 38.1 Å². The first-order valence-corrected chi connectivity index (χ1v) is 9.65. The van der Waals surface area contributed by atoms with Crippen LogP contribution in [0.2, 0.25) is 0 Å². The summed E-state index contributed by atoms with van der Waals surface area (Å²) in [7, 11) is 3.53. The van der Waals surface area contributed by atoms with E-state index in [1.54, 1.807) is 31.1 Å². The second kappa shape index (κ2) is 8.05. The molecule has 140 valence electrons. The van der Waals surface area contributed by atoms with Crippen molar-refractivity contribution in [3.8, 4) is 11.3 Å². The first-order valence-electron chi connectivity index (χ1n) is 8.77. The van der Waals surface area contributed by atoms with E-state index in [1.165, 1.54) is 23.9 Å². The Kier molecular flexibility index (Phi) is 5.75. The quantitative estimate of drug-likeness (QED) is 0.602. The van der Waals surface area contributed by atoms with Gasteiger partial charge in [0.25, 0.3) is 0 Å². The zero-order valence-corrected chi connectivity index (χ0v) is 16.6. The summed E-state index contributed by atoms with van der Waals surface area (Å²) in [5, 5.41) is 11.2. The summed E-state index contributed by atoms with van der Waals surface area (Å²) in [5.74, 6) is -0.0732. The third-order valence-corrected chi connectivity index (χ3v) is 5.82. The standard InChI is InChI=1S/C21H22FN3OS/c1-13(2)19(21(26)25(3)4)27-20-17-8-6-5-7-16(17)18(23-24-20)14-9-11-15(22)12-10-14/h5-13,19H,1-4H3. The van der Waals surface area contributed by atoms with E-state index < -0.39 is 0 Å². The van der Waals surface area contributed by atoms with Gasteiger partial charge in [-0.2, -0.15) is 0 Å². The van der Waals surface area contributed by atoms with Gasteiger partial charge in [-0.1, -0.05) is 49.9 Å². The van der Waals surface area contributed by atoms with Crippen LogP contribution < -0.4 is 0 Å². The van der Waals surface area contributed by atoms with E-state index in [4.69, 9.17) is 0 Å². The number of benzene rings is 2. The molecule has 27 heavy (non-hydrogen) atoms. The van der Waals surface area contributed by atoms with Crippen molar-refractivity contribution in [3.05, 3.63) is 54.3 Å². The van der Waals surface area contributed by atoms with E-state index in [9.17, 15) is 9.18 Å². The first kappa shape index (κ1) is 19.3. The van der Waals surface area contributed by atoms with Gasteiger partial charge in [0.05, 0.1) is 5.25 Å². The van der Waals surface area contributed by atoms with Crippen molar-refractivity contribution in [2.75, 3.05) is 14.1 Å². The van der Waals surface area contributed by atoms with Gasteiger partial charge in [-0.3, -0.25) is 4.79 Å². The number of amides is 1. The fourth-order valence-corrected chi connectivity index (χ4v) is 4.05. The molecule has 0 N–H and O–H groups in total. The van der Waals surface area contributed by atoms with Gasteiger partial charge in [0.15, 0.2) is 0 Å². The number of halogens is 1. The maximum absolute atomic E-state index is 13.3. The largest absolute Gasteiger partial charge is 0.348 e. The third-order valence-electron chi connectivity index (χ3n) is 4.30. The highest BCUT2D eigenvalue weighted by Crippen LogP contribution is 2.35. The summed E-state index contributed by atoms with van der Waals surface area (Å²) in [6, 6.07) is 14.1. The molecule has 1 amide bonds. The molecule has 1 aromatic heterocycles. The molecule has 0 aliphatic carbocycles. The molecular weight excluding hydrogens is 361 g/mol. The molecular formula is C21H22FN3OS. The number of carbonyl (C=O) groups excluding carboxylic acids is 1. The predicted octanol–water partition coefficient (Wildman–Crippen LogP) is 4.64. The Balaban J connectivity index is 2.07. The van der Waals surface area contributed by atoms with Crippen molar-refractivity contribution in [1.82, 2.24) is 15.1 Å². The molecule has 0 fully saturated rings. The Hall–Kier alpha value is -2.47. The Bertz CT molecular complexity index is 957. The van der Waals surface area contributed by atoms with Crippen molar-refractivity contribution < 1.29 is 9.18 Å². The summed E-state index contributed by atoms with van der Waals surface area (Å²) < 4.78 is 13.3. The second-order valence-corrected chi connectivity index (χ2v) is 8.05. The van der Waals surface area contributed by atoms with Crippen molar-refractivity contribution in [2.24, 2.45) is 5.92 Å². The Labute approximate surface area is 162 Å². The lowest BCUT2D eigenvalue weighted by Gasteiger charge is -2.23. The second-order valence-electron chi connectivity index (χ2n) is 6.92. The number of hydrogen-bond donors (Lipinski definition) is 0. The maximum atomic E-state index is 13.3. The number of hydrogen-bond acceptors (Lipinski definition) is 4. The fraction of sp³-hybridized carbons (Fsp3) is 0.286. The smallest absolute Gasteiger partial charge is 0.235 e. The zero-order valence-electron chi connectivity index (χ0n) is 15.8. The van der Waals surface area contributed by atoms with Crippen LogP contribution in [0.15, 0.2) is 53.6 Å². The van der Waals surface area contributed by atoms with Gasteiger partial charge in [-0.05, 0) is 30.2 Å². The molecule has 0 saturated heterocycles. The van der Waals surface area contributed by atoms with E-state index in [-0.39, 0.29) is 22.9 Å². The Morgan fingerprint density at radius 2 is 1.63 bits per heavy atom. The van der Waals surface area contributed by atoms with Gasteiger partial charge < -0.3 is 4.90 Å². The minimum Gasteiger partial charge on any atom is -0.348 e. The van der Waals surface area contributed by atoms with Crippen LogP contribution >= 0.6 is 11.8 Å². The molecule has 4 nitrogen and oxygen atoms in total. The van der Waals surface area contributed by atoms with E-state index in [0.717, 1.165) is 21.4 Å². The molecule has 1 unspecified atom stereocenters. The van der Waals surface area contributed by atoms with Crippen molar-refractivity contribution in [3.63, 3.8) is 0 Å². The first-order chi connectivity index (χ1) is 12.9. The average Bonchev–Trinajstić information content (AvgIpc) is 2.66. The monoisotopic (exact) mass is 383 g/mol. The van der Waals surface area contributed by atoms with Crippen LogP contribution in [0.4, 0.5) is 4.39 Å². The minimum absolute atomic E-state index is 0.0588. The SMILES string of the molecule is CC(C)C(Sc1nnc(-c2ccc(F)cc2)c2ccccc12)C(=O)N(C)C. The molecule has 6 heteroatoms. The molecule has 0 aliphatic rings. The lowest BCUT2D eigenvalue weighted by atomic mass is 10.1. The number of carbonyl (C=O) groups is 1. The molecule has 0 saturated carbocycles. The Morgan fingerprint density at radius 3 is 2.22 bits per heavy atom. The maximum Gasteiger partial charge on any atom is 0.235 e. The molecule has 1 atom stereocenters. The van der Waals surface area contributed by atoms with Crippen molar-refractivity contribution in [2.45, 2.75) is 24.1 Å². The molecule has 3 aromatic rings. The average molecular weight is 383 g/mol. The zero-order chi connectivity index (χ0) is 19.6. The predicted molar refractivity (Wildman–Crippen MR) is 108 cm³/mol. The number of thioether (sulfide) groups is 1. The van der Waals surface area contributed by atoms with Crippen LogP contribution in [0.5, 0.6) is 0 Å². The van der Waals surface area contributed by atoms with Crippen LogP contribution in [0.25, 0.3) is 22.0 Å². The van der Waals surface area contributed by atoms with Gasteiger partial charge >= 0.3 is 0 Å². The summed E-state index contributed by atoms with van der Waals surface area (Å²) in [4.78, 5) is 14.2. The highest BCUT2D eigenvalue weighted by Gasteiger charge is 2.27. The number of rotatable bonds is 5. The van der Waals surface area contributed by atoms with Crippen molar-refractivity contribution >= 4 is 28.4 Å². The van der Waals surface area contributed by atoms with Gasteiger partial charge in [0.2, 0.25) is 5.91 Å². The van der Waals surface area contributed by atoms with Crippen LogP contribution in [0.1, 0.15) is 13.8 Å². The normalized spacial score (nSPS) is 12.4. The Morgan fingerprint density at radius 1 is 1.00 bits per heavy atom. The highest BCUT2D eigenvalue weighted by atomic mass is 32.2. The van der Waals surface area contributed by atoms with E-state index >= 15 is 0 Å². The highest BCUT2D eigenvalue weighted by molar-refractivity contribution is 8.00. The molecule has 1 heterocycles. The van der Waals surface area contributed by atoms with Crippen LogP contribution in [-0.2, 0) is 4.79 Å². The van der Waals surface area contributed by atoms with Crippen LogP contribution in [-0.4, -0.2) is 40.3 Å². The molecule has 0 aliphatic heterocycles. The number of nitrogens with zero attached hydrogens (tertiary/aromatic N) is 3. The number of fused-ring (bicyclic) bond motifs is 1. The van der Waals surface area contributed by atoms with Gasteiger partial charge in [-0.15, -0.1) is 10.2 Å². The molecule has 0 radical (unpaired) electrons.